The molecule has 2 aromatic rings. The van der Waals surface area contributed by atoms with E-state index in [1.165, 1.54) is 6.07 Å². The van der Waals surface area contributed by atoms with Crippen molar-refractivity contribution in [2.24, 2.45) is 0 Å². The predicted octanol–water partition coefficient (Wildman–Crippen LogP) is 3.04. The molecule has 86 valence electrons. The molecule has 0 saturated carbocycles. The molecule has 18 heavy (non-hydrogen) atoms. The van der Waals surface area contributed by atoms with Crippen LogP contribution < -0.4 is 0 Å². The van der Waals surface area contributed by atoms with Crippen LogP contribution in [-0.4, -0.2) is 4.92 Å². The Balaban J connectivity index is 2.20. The summed E-state index contributed by atoms with van der Waals surface area (Å²) in [7, 11) is 0. The number of nitrogens with zero attached hydrogens (tertiary/aromatic N) is 1. The van der Waals surface area contributed by atoms with Crippen LogP contribution in [0.15, 0.2) is 36.4 Å². The molecule has 0 aliphatic heterocycles. The zero-order chi connectivity index (χ0) is 13.0. The molecule has 0 aliphatic carbocycles. The average Bonchev–Trinajstić information content (AvgIpc) is 2.86. The first-order valence-corrected chi connectivity index (χ1v) is 5.83. The summed E-state index contributed by atoms with van der Waals surface area (Å²) in [6, 6.07) is 10.4. The second kappa shape index (κ2) is 5.18. The maximum Gasteiger partial charge on any atom is 0.325 e. The summed E-state index contributed by atoms with van der Waals surface area (Å²) in [6.07, 6.45) is 5.25. The van der Waals surface area contributed by atoms with Gasteiger partial charge in [0.25, 0.3) is 0 Å². The Kier molecular flexibility index (Phi) is 3.43. The zero-order valence-corrected chi connectivity index (χ0v) is 10.0. The molecule has 0 aliphatic rings. The van der Waals surface area contributed by atoms with Crippen molar-refractivity contribution in [1.82, 2.24) is 0 Å². The van der Waals surface area contributed by atoms with Crippen LogP contribution >= 0.6 is 11.3 Å². The van der Waals surface area contributed by atoms with Gasteiger partial charge in [0.2, 0.25) is 0 Å². The van der Waals surface area contributed by atoms with E-state index in [4.69, 9.17) is 6.42 Å². The number of rotatable bonds is 1. The quantitative estimate of drug-likeness (QED) is 0.445. The molecule has 1 aromatic carbocycles. The van der Waals surface area contributed by atoms with E-state index in [9.17, 15) is 10.1 Å². The summed E-state index contributed by atoms with van der Waals surface area (Å²) in [5.74, 6) is 8.34. The Hall–Kier alpha value is -2.56. The first-order valence-electron chi connectivity index (χ1n) is 5.02. The molecule has 4 heteroatoms. The summed E-state index contributed by atoms with van der Waals surface area (Å²) >= 11 is 1.06. The Morgan fingerprint density at radius 1 is 1.06 bits per heavy atom. The fourth-order valence-electron chi connectivity index (χ4n) is 1.28. The monoisotopic (exact) mass is 253 g/mol. The molecule has 0 unspecified atom stereocenters. The van der Waals surface area contributed by atoms with Crippen LogP contribution in [0.4, 0.5) is 5.00 Å². The fourth-order valence-corrected chi connectivity index (χ4v) is 1.95. The van der Waals surface area contributed by atoms with Crippen LogP contribution in [0.1, 0.15) is 16.0 Å². The lowest BCUT2D eigenvalue weighted by molar-refractivity contribution is -0.380. The van der Waals surface area contributed by atoms with Gasteiger partial charge in [0, 0.05) is 17.2 Å². The van der Waals surface area contributed by atoms with E-state index in [0.29, 0.717) is 4.88 Å². The van der Waals surface area contributed by atoms with Gasteiger partial charge in [0.1, 0.15) is 0 Å². The van der Waals surface area contributed by atoms with Crippen molar-refractivity contribution in [2.75, 3.05) is 0 Å². The van der Waals surface area contributed by atoms with Crippen molar-refractivity contribution in [3.63, 3.8) is 0 Å². The fraction of sp³-hybridized carbons (Fsp3) is 0. The number of nitro groups is 1. The maximum absolute atomic E-state index is 10.5. The maximum atomic E-state index is 10.5. The lowest BCUT2D eigenvalue weighted by Crippen LogP contribution is -1.80. The van der Waals surface area contributed by atoms with Crippen molar-refractivity contribution in [3.05, 3.63) is 62.5 Å². The Morgan fingerprint density at radius 2 is 1.72 bits per heavy atom. The number of terminal acetylenes is 1. The highest BCUT2D eigenvalue weighted by atomic mass is 32.1. The molecule has 2 rings (SSSR count). The summed E-state index contributed by atoms with van der Waals surface area (Å²) in [4.78, 5) is 10.8. The third-order valence-electron chi connectivity index (χ3n) is 2.15. The van der Waals surface area contributed by atoms with E-state index in [0.717, 1.165) is 22.5 Å². The van der Waals surface area contributed by atoms with Crippen molar-refractivity contribution in [3.8, 4) is 24.2 Å². The lowest BCUT2D eigenvalue weighted by Gasteiger charge is -1.90. The van der Waals surface area contributed by atoms with E-state index < -0.39 is 4.92 Å². The molecular formula is C14H7NO2S. The predicted molar refractivity (Wildman–Crippen MR) is 71.3 cm³/mol. The van der Waals surface area contributed by atoms with Crippen molar-refractivity contribution in [1.29, 1.82) is 0 Å². The third-order valence-corrected chi connectivity index (χ3v) is 3.11. The van der Waals surface area contributed by atoms with Crippen molar-refractivity contribution >= 4 is 16.3 Å². The number of hydrogen-bond acceptors (Lipinski definition) is 3. The van der Waals surface area contributed by atoms with Gasteiger partial charge in [-0.25, -0.2) is 0 Å². The molecule has 0 saturated heterocycles. The number of benzene rings is 1. The molecule has 0 amide bonds. The highest BCUT2D eigenvalue weighted by Crippen LogP contribution is 2.22. The molecule has 3 nitrogen and oxygen atoms in total. The molecule has 0 fully saturated rings. The minimum absolute atomic E-state index is 0.0991. The minimum Gasteiger partial charge on any atom is -0.258 e. The van der Waals surface area contributed by atoms with Gasteiger partial charge in [-0.1, -0.05) is 29.1 Å². The first-order chi connectivity index (χ1) is 8.69. The van der Waals surface area contributed by atoms with Crippen LogP contribution in [0.25, 0.3) is 0 Å². The molecular weight excluding hydrogens is 246 g/mol. The minimum atomic E-state index is -0.419. The molecule has 0 N–H and O–H groups in total. The van der Waals surface area contributed by atoms with E-state index in [-0.39, 0.29) is 5.00 Å². The topological polar surface area (TPSA) is 43.1 Å². The van der Waals surface area contributed by atoms with Gasteiger partial charge in [0.05, 0.1) is 9.80 Å². The van der Waals surface area contributed by atoms with E-state index in [2.05, 4.69) is 17.8 Å². The summed E-state index contributed by atoms with van der Waals surface area (Å²) < 4.78 is 0. The Labute approximate surface area is 108 Å². The van der Waals surface area contributed by atoms with Crippen LogP contribution in [0.2, 0.25) is 0 Å². The smallest absolute Gasteiger partial charge is 0.258 e. The number of hydrogen-bond donors (Lipinski definition) is 0. The molecule has 1 heterocycles. The SMILES string of the molecule is C#Cc1ccc(C#Cc2ccc([N+](=O)[O-])s2)cc1. The summed E-state index contributed by atoms with van der Waals surface area (Å²) in [5.41, 5.74) is 1.62. The standard InChI is InChI=1S/C14H7NO2S/c1-2-11-3-5-12(6-4-11)7-8-13-9-10-14(18-13)15(16)17/h1,3-6,9-10H. The lowest BCUT2D eigenvalue weighted by atomic mass is 10.1. The van der Waals surface area contributed by atoms with Gasteiger partial charge in [-0.15, -0.1) is 6.42 Å². The Morgan fingerprint density at radius 3 is 2.28 bits per heavy atom. The van der Waals surface area contributed by atoms with E-state index in [1.807, 2.05) is 12.1 Å². The van der Waals surface area contributed by atoms with Crippen LogP contribution in [0, 0.1) is 34.3 Å². The van der Waals surface area contributed by atoms with Crippen molar-refractivity contribution in [2.45, 2.75) is 0 Å². The van der Waals surface area contributed by atoms with E-state index >= 15 is 0 Å². The largest absolute Gasteiger partial charge is 0.325 e. The van der Waals surface area contributed by atoms with Gasteiger partial charge in [-0.3, -0.25) is 10.1 Å². The van der Waals surface area contributed by atoms with Crippen LogP contribution in [0.3, 0.4) is 0 Å². The van der Waals surface area contributed by atoms with Gasteiger partial charge < -0.3 is 0 Å². The van der Waals surface area contributed by atoms with Crippen LogP contribution in [0.5, 0.6) is 0 Å². The third kappa shape index (κ3) is 2.76. The Bertz CT molecular complexity index is 681. The van der Waals surface area contributed by atoms with Gasteiger partial charge in [0.15, 0.2) is 0 Å². The number of thiophene rings is 1. The highest BCUT2D eigenvalue weighted by Gasteiger charge is 2.07. The molecule has 0 atom stereocenters. The molecule has 0 spiro atoms. The van der Waals surface area contributed by atoms with Crippen molar-refractivity contribution < 1.29 is 4.92 Å². The van der Waals surface area contributed by atoms with Gasteiger partial charge in [-0.05, 0) is 30.3 Å². The first kappa shape index (κ1) is 11.9. The van der Waals surface area contributed by atoms with Gasteiger partial charge >= 0.3 is 5.00 Å². The summed E-state index contributed by atoms with van der Waals surface area (Å²) in [5, 5.41) is 10.6. The molecule has 0 bridgehead atoms. The normalized spacial score (nSPS) is 9.06. The molecule has 1 aromatic heterocycles. The van der Waals surface area contributed by atoms with Crippen LogP contribution in [-0.2, 0) is 0 Å². The summed E-state index contributed by atoms with van der Waals surface area (Å²) in [6.45, 7) is 0. The average molecular weight is 253 g/mol. The van der Waals surface area contributed by atoms with E-state index in [1.54, 1.807) is 18.2 Å². The second-order valence-corrected chi connectivity index (χ2v) is 4.43. The molecule has 0 radical (unpaired) electrons. The highest BCUT2D eigenvalue weighted by molar-refractivity contribution is 7.15. The van der Waals surface area contributed by atoms with Gasteiger partial charge in [-0.2, -0.15) is 0 Å². The zero-order valence-electron chi connectivity index (χ0n) is 9.21. The second-order valence-electron chi connectivity index (χ2n) is 3.37.